The van der Waals surface area contributed by atoms with Crippen molar-refractivity contribution in [3.8, 4) is 5.75 Å². The summed E-state index contributed by atoms with van der Waals surface area (Å²) in [7, 11) is 0. The van der Waals surface area contributed by atoms with E-state index in [2.05, 4.69) is 0 Å². The van der Waals surface area contributed by atoms with Crippen LogP contribution in [0.4, 0.5) is 0 Å². The summed E-state index contributed by atoms with van der Waals surface area (Å²) >= 11 is 18.2. The first-order valence-corrected chi connectivity index (χ1v) is 7.28. The second kappa shape index (κ2) is 5.45. The van der Waals surface area contributed by atoms with Crippen LogP contribution in [-0.4, -0.2) is 11.7 Å². The minimum atomic E-state index is -0.924. The molecule has 0 saturated heterocycles. The van der Waals surface area contributed by atoms with Crippen LogP contribution in [0.25, 0.3) is 0 Å². The Bertz CT molecular complexity index is 670. The summed E-state index contributed by atoms with van der Waals surface area (Å²) in [6.45, 7) is 0.596. The third kappa shape index (κ3) is 2.49. The zero-order valence-electron chi connectivity index (χ0n) is 10.4. The van der Waals surface area contributed by atoms with E-state index in [1.165, 1.54) is 0 Å². The Morgan fingerprint density at radius 1 is 1.00 bits per heavy atom. The maximum Gasteiger partial charge on any atom is 0.128 e. The molecule has 1 unspecified atom stereocenters. The van der Waals surface area contributed by atoms with Crippen molar-refractivity contribution in [1.82, 2.24) is 0 Å². The first-order valence-electron chi connectivity index (χ1n) is 6.14. The number of benzene rings is 2. The standard InChI is InChI=1S/C15H11Cl3O2/c16-9-1-2-13(18)11(6-9)14(19)12-7-10(17)5-8-3-4-20-15(8)12/h1-2,5-7,14,19H,3-4H2. The number of hydrogen-bond donors (Lipinski definition) is 1. The van der Waals surface area contributed by atoms with Gasteiger partial charge in [-0.15, -0.1) is 0 Å². The number of aliphatic hydroxyl groups is 1. The first-order chi connectivity index (χ1) is 9.56. The fraction of sp³-hybridized carbons (Fsp3) is 0.200. The third-order valence-corrected chi connectivity index (χ3v) is 4.12. The molecule has 2 aromatic rings. The van der Waals surface area contributed by atoms with Gasteiger partial charge >= 0.3 is 0 Å². The highest BCUT2D eigenvalue weighted by molar-refractivity contribution is 6.33. The molecule has 0 radical (unpaired) electrons. The van der Waals surface area contributed by atoms with Crippen LogP contribution in [0.15, 0.2) is 30.3 Å². The summed E-state index contributed by atoms with van der Waals surface area (Å²) < 4.78 is 5.60. The highest BCUT2D eigenvalue weighted by atomic mass is 35.5. The molecule has 0 aromatic heterocycles. The molecule has 20 heavy (non-hydrogen) atoms. The van der Waals surface area contributed by atoms with Gasteiger partial charge in [0.2, 0.25) is 0 Å². The van der Waals surface area contributed by atoms with E-state index in [-0.39, 0.29) is 0 Å². The average Bonchev–Trinajstić information content (AvgIpc) is 2.87. The molecule has 0 saturated carbocycles. The van der Waals surface area contributed by atoms with E-state index in [0.29, 0.717) is 38.6 Å². The first kappa shape index (κ1) is 14.0. The molecule has 104 valence electrons. The average molecular weight is 330 g/mol. The Hall–Kier alpha value is -0.930. The van der Waals surface area contributed by atoms with Crippen molar-refractivity contribution in [3.63, 3.8) is 0 Å². The SMILES string of the molecule is OC(c1cc(Cl)ccc1Cl)c1cc(Cl)cc2c1OCC2. The van der Waals surface area contributed by atoms with E-state index in [1.807, 2.05) is 6.07 Å². The molecular weight excluding hydrogens is 319 g/mol. The monoisotopic (exact) mass is 328 g/mol. The lowest BCUT2D eigenvalue weighted by molar-refractivity contribution is 0.214. The van der Waals surface area contributed by atoms with Crippen molar-refractivity contribution in [2.75, 3.05) is 6.61 Å². The Morgan fingerprint density at radius 2 is 1.75 bits per heavy atom. The number of hydrogen-bond acceptors (Lipinski definition) is 2. The molecule has 1 aliphatic heterocycles. The topological polar surface area (TPSA) is 29.5 Å². The maximum absolute atomic E-state index is 10.6. The largest absolute Gasteiger partial charge is 0.493 e. The Kier molecular flexibility index (Phi) is 3.83. The highest BCUT2D eigenvalue weighted by Gasteiger charge is 2.24. The van der Waals surface area contributed by atoms with Crippen molar-refractivity contribution in [1.29, 1.82) is 0 Å². The van der Waals surface area contributed by atoms with Crippen molar-refractivity contribution in [2.45, 2.75) is 12.5 Å². The molecule has 1 atom stereocenters. The number of fused-ring (bicyclic) bond motifs is 1. The van der Waals surface area contributed by atoms with Gasteiger partial charge < -0.3 is 9.84 Å². The smallest absolute Gasteiger partial charge is 0.128 e. The minimum absolute atomic E-state index is 0.452. The molecular formula is C15H11Cl3O2. The van der Waals surface area contributed by atoms with Crippen LogP contribution in [0.2, 0.25) is 15.1 Å². The molecule has 2 aromatic carbocycles. The van der Waals surface area contributed by atoms with Gasteiger partial charge in [0.15, 0.2) is 0 Å². The van der Waals surface area contributed by atoms with E-state index in [4.69, 9.17) is 39.5 Å². The molecule has 0 aliphatic carbocycles. The zero-order chi connectivity index (χ0) is 14.3. The molecule has 5 heteroatoms. The molecule has 1 heterocycles. The van der Waals surface area contributed by atoms with Gasteiger partial charge in [-0.3, -0.25) is 0 Å². The van der Waals surface area contributed by atoms with Crippen LogP contribution < -0.4 is 4.74 Å². The molecule has 1 N–H and O–H groups in total. The van der Waals surface area contributed by atoms with Gasteiger partial charge in [0.25, 0.3) is 0 Å². The van der Waals surface area contributed by atoms with Gasteiger partial charge in [0.1, 0.15) is 11.9 Å². The second-order valence-corrected chi connectivity index (χ2v) is 5.93. The predicted molar refractivity (Wildman–Crippen MR) is 81.2 cm³/mol. The Labute approximate surface area is 131 Å². The van der Waals surface area contributed by atoms with Crippen molar-refractivity contribution >= 4 is 34.8 Å². The normalized spacial score (nSPS) is 14.8. The van der Waals surface area contributed by atoms with Crippen LogP contribution in [0.1, 0.15) is 22.8 Å². The van der Waals surface area contributed by atoms with Crippen LogP contribution in [-0.2, 0) is 6.42 Å². The minimum Gasteiger partial charge on any atom is -0.493 e. The molecule has 0 amide bonds. The quantitative estimate of drug-likeness (QED) is 0.868. The molecule has 1 aliphatic rings. The van der Waals surface area contributed by atoms with E-state index in [1.54, 1.807) is 24.3 Å². The summed E-state index contributed by atoms with van der Waals surface area (Å²) in [6.07, 6.45) is -0.134. The van der Waals surface area contributed by atoms with Crippen LogP contribution in [0.5, 0.6) is 5.75 Å². The molecule has 3 rings (SSSR count). The summed E-state index contributed by atoms with van der Waals surface area (Å²) in [6, 6.07) is 8.55. The number of ether oxygens (including phenoxy) is 1. The Balaban J connectivity index is 2.11. The summed E-state index contributed by atoms with van der Waals surface area (Å²) in [5, 5.41) is 12.1. The van der Waals surface area contributed by atoms with Gasteiger partial charge in [-0.1, -0.05) is 34.8 Å². The number of aliphatic hydroxyl groups excluding tert-OH is 1. The van der Waals surface area contributed by atoms with Crippen LogP contribution in [0, 0.1) is 0 Å². The van der Waals surface area contributed by atoms with E-state index >= 15 is 0 Å². The number of rotatable bonds is 2. The van der Waals surface area contributed by atoms with E-state index in [0.717, 1.165) is 12.0 Å². The Morgan fingerprint density at radius 3 is 2.55 bits per heavy atom. The zero-order valence-corrected chi connectivity index (χ0v) is 12.6. The van der Waals surface area contributed by atoms with E-state index < -0.39 is 6.10 Å². The maximum atomic E-state index is 10.6. The predicted octanol–water partition coefficient (Wildman–Crippen LogP) is 4.66. The fourth-order valence-corrected chi connectivity index (χ4v) is 3.04. The van der Waals surface area contributed by atoms with Gasteiger partial charge in [-0.2, -0.15) is 0 Å². The lowest BCUT2D eigenvalue weighted by atomic mass is 9.98. The second-order valence-electron chi connectivity index (χ2n) is 4.65. The van der Waals surface area contributed by atoms with Gasteiger partial charge in [0.05, 0.1) is 6.61 Å². The van der Waals surface area contributed by atoms with Crippen LogP contribution >= 0.6 is 34.8 Å². The van der Waals surface area contributed by atoms with Gasteiger partial charge in [0, 0.05) is 32.6 Å². The molecule has 0 spiro atoms. The summed E-state index contributed by atoms with van der Waals surface area (Å²) in [5.74, 6) is 0.693. The van der Waals surface area contributed by atoms with Crippen LogP contribution in [0.3, 0.4) is 0 Å². The molecule has 0 bridgehead atoms. The van der Waals surface area contributed by atoms with Crippen molar-refractivity contribution in [3.05, 3.63) is 62.1 Å². The lowest BCUT2D eigenvalue weighted by Crippen LogP contribution is -2.03. The van der Waals surface area contributed by atoms with Gasteiger partial charge in [-0.25, -0.2) is 0 Å². The van der Waals surface area contributed by atoms with Crippen molar-refractivity contribution < 1.29 is 9.84 Å². The lowest BCUT2D eigenvalue weighted by Gasteiger charge is -2.17. The molecule has 2 nitrogen and oxygen atoms in total. The molecule has 0 fully saturated rings. The van der Waals surface area contributed by atoms with Crippen molar-refractivity contribution in [2.24, 2.45) is 0 Å². The third-order valence-electron chi connectivity index (χ3n) is 3.32. The summed E-state index contributed by atoms with van der Waals surface area (Å²) in [4.78, 5) is 0. The number of halogens is 3. The fourth-order valence-electron chi connectivity index (χ4n) is 2.39. The van der Waals surface area contributed by atoms with Gasteiger partial charge in [-0.05, 0) is 35.9 Å². The highest BCUT2D eigenvalue weighted by Crippen LogP contribution is 2.40. The summed E-state index contributed by atoms with van der Waals surface area (Å²) in [5.41, 5.74) is 2.16. The van der Waals surface area contributed by atoms with E-state index in [9.17, 15) is 5.11 Å².